The molecule has 0 bridgehead atoms. The Labute approximate surface area is 85.0 Å². The number of hydrogen-bond acceptors (Lipinski definition) is 0. The summed E-state index contributed by atoms with van der Waals surface area (Å²) in [5.41, 5.74) is 5.35. The Morgan fingerprint density at radius 1 is 0.857 bits per heavy atom. The van der Waals surface area contributed by atoms with E-state index in [1.165, 1.54) is 22.4 Å². The van der Waals surface area contributed by atoms with Gasteiger partial charge in [0.1, 0.15) is 0 Å². The van der Waals surface area contributed by atoms with Crippen molar-refractivity contribution < 1.29 is 0 Å². The number of nitrogens with zero attached hydrogens (tertiary/aromatic N) is 1. The van der Waals surface area contributed by atoms with Crippen LogP contribution in [0, 0.1) is 20.8 Å². The molecule has 1 nitrogen and oxygen atoms in total. The van der Waals surface area contributed by atoms with Gasteiger partial charge in [0.25, 0.3) is 0 Å². The van der Waals surface area contributed by atoms with Gasteiger partial charge in [-0.15, -0.1) is 0 Å². The Morgan fingerprint density at radius 2 is 1.43 bits per heavy atom. The first kappa shape index (κ1) is 9.07. The van der Waals surface area contributed by atoms with E-state index in [9.17, 15) is 0 Å². The van der Waals surface area contributed by atoms with Crippen LogP contribution < -0.4 is 0 Å². The molecule has 0 aliphatic heterocycles. The summed E-state index contributed by atoms with van der Waals surface area (Å²) in [7, 11) is 0. The van der Waals surface area contributed by atoms with E-state index in [1.54, 1.807) is 0 Å². The molecule has 1 heterocycles. The highest BCUT2D eigenvalue weighted by Crippen LogP contribution is 2.21. The standard InChI is InChI=1S/C13H15N/c1-10-6-7-11(2)13(12(10)3)14-8-4-5-9-14/h4-9H,1-3H3. The van der Waals surface area contributed by atoms with Gasteiger partial charge >= 0.3 is 0 Å². The minimum Gasteiger partial charge on any atom is -0.323 e. The topological polar surface area (TPSA) is 4.93 Å². The number of rotatable bonds is 1. The van der Waals surface area contributed by atoms with Crippen LogP contribution in [0.15, 0.2) is 36.7 Å². The zero-order valence-corrected chi connectivity index (χ0v) is 8.91. The summed E-state index contributed by atoms with van der Waals surface area (Å²) >= 11 is 0. The maximum atomic E-state index is 2.18. The molecule has 0 spiro atoms. The molecule has 1 heteroatoms. The van der Waals surface area contributed by atoms with Gasteiger partial charge in [0.05, 0.1) is 5.69 Å². The van der Waals surface area contributed by atoms with Crippen molar-refractivity contribution in [2.24, 2.45) is 0 Å². The van der Waals surface area contributed by atoms with E-state index in [1.807, 2.05) is 0 Å². The van der Waals surface area contributed by atoms with Crippen molar-refractivity contribution in [2.75, 3.05) is 0 Å². The van der Waals surface area contributed by atoms with Gasteiger partial charge in [0.15, 0.2) is 0 Å². The largest absolute Gasteiger partial charge is 0.323 e. The predicted molar refractivity (Wildman–Crippen MR) is 60.0 cm³/mol. The molecule has 0 aliphatic rings. The second kappa shape index (κ2) is 3.33. The van der Waals surface area contributed by atoms with Crippen LogP contribution >= 0.6 is 0 Å². The van der Waals surface area contributed by atoms with Crippen molar-refractivity contribution in [3.63, 3.8) is 0 Å². The second-order valence-electron chi connectivity index (χ2n) is 3.76. The van der Waals surface area contributed by atoms with Crippen molar-refractivity contribution in [1.29, 1.82) is 0 Å². The lowest BCUT2D eigenvalue weighted by Gasteiger charge is -2.13. The number of hydrogen-bond donors (Lipinski definition) is 0. The molecule has 0 aliphatic carbocycles. The average molecular weight is 185 g/mol. The van der Waals surface area contributed by atoms with E-state index < -0.39 is 0 Å². The fraction of sp³-hybridized carbons (Fsp3) is 0.231. The minimum absolute atomic E-state index is 1.31. The highest BCUT2D eigenvalue weighted by atomic mass is 14.9. The van der Waals surface area contributed by atoms with Crippen LogP contribution in [0.2, 0.25) is 0 Å². The van der Waals surface area contributed by atoms with Crippen LogP contribution in [-0.2, 0) is 0 Å². The lowest BCUT2D eigenvalue weighted by molar-refractivity contribution is 1.03. The maximum absolute atomic E-state index is 2.18. The lowest BCUT2D eigenvalue weighted by atomic mass is 10.0. The van der Waals surface area contributed by atoms with E-state index in [2.05, 4.69) is 62.0 Å². The third-order valence-electron chi connectivity index (χ3n) is 2.77. The summed E-state index contributed by atoms with van der Waals surface area (Å²) in [4.78, 5) is 0. The summed E-state index contributed by atoms with van der Waals surface area (Å²) in [5.74, 6) is 0. The summed E-state index contributed by atoms with van der Waals surface area (Å²) < 4.78 is 2.18. The first-order chi connectivity index (χ1) is 6.70. The summed E-state index contributed by atoms with van der Waals surface area (Å²) in [6.07, 6.45) is 4.18. The van der Waals surface area contributed by atoms with Crippen LogP contribution in [0.25, 0.3) is 5.69 Å². The van der Waals surface area contributed by atoms with Crippen LogP contribution in [0.5, 0.6) is 0 Å². The molecular formula is C13H15N. The molecule has 0 unspecified atom stereocenters. The van der Waals surface area contributed by atoms with E-state index >= 15 is 0 Å². The van der Waals surface area contributed by atoms with Crippen molar-refractivity contribution in [2.45, 2.75) is 20.8 Å². The smallest absolute Gasteiger partial charge is 0.0510 e. The van der Waals surface area contributed by atoms with E-state index in [-0.39, 0.29) is 0 Å². The first-order valence-corrected chi connectivity index (χ1v) is 4.90. The van der Waals surface area contributed by atoms with Gasteiger partial charge in [-0.25, -0.2) is 0 Å². The van der Waals surface area contributed by atoms with Crippen molar-refractivity contribution in [1.82, 2.24) is 4.57 Å². The van der Waals surface area contributed by atoms with Gasteiger partial charge < -0.3 is 4.57 Å². The van der Waals surface area contributed by atoms with Gasteiger partial charge in [-0.1, -0.05) is 12.1 Å². The molecule has 0 atom stereocenters. The molecule has 0 saturated carbocycles. The number of benzene rings is 1. The van der Waals surface area contributed by atoms with Crippen LogP contribution in [0.4, 0.5) is 0 Å². The molecule has 72 valence electrons. The van der Waals surface area contributed by atoms with Crippen LogP contribution in [0.1, 0.15) is 16.7 Å². The number of aromatic nitrogens is 1. The molecule has 2 rings (SSSR count). The Hall–Kier alpha value is -1.50. The van der Waals surface area contributed by atoms with E-state index in [0.717, 1.165) is 0 Å². The van der Waals surface area contributed by atoms with Crippen molar-refractivity contribution >= 4 is 0 Å². The average Bonchev–Trinajstić information content (AvgIpc) is 2.65. The van der Waals surface area contributed by atoms with Gasteiger partial charge in [0.2, 0.25) is 0 Å². The first-order valence-electron chi connectivity index (χ1n) is 4.90. The fourth-order valence-electron chi connectivity index (χ4n) is 1.82. The molecule has 14 heavy (non-hydrogen) atoms. The molecule has 0 amide bonds. The summed E-state index contributed by atoms with van der Waals surface area (Å²) in [5, 5.41) is 0. The molecule has 0 fully saturated rings. The van der Waals surface area contributed by atoms with Gasteiger partial charge in [-0.2, -0.15) is 0 Å². The predicted octanol–water partition coefficient (Wildman–Crippen LogP) is 3.40. The monoisotopic (exact) mass is 185 g/mol. The SMILES string of the molecule is Cc1ccc(C)c(-n2cccc2)c1C. The normalized spacial score (nSPS) is 10.5. The minimum atomic E-state index is 1.31. The molecule has 2 aromatic rings. The lowest BCUT2D eigenvalue weighted by Crippen LogP contribution is -1.98. The molecule has 1 aromatic carbocycles. The van der Waals surface area contributed by atoms with Crippen LogP contribution in [0.3, 0.4) is 0 Å². The van der Waals surface area contributed by atoms with Gasteiger partial charge in [-0.05, 0) is 49.6 Å². The highest BCUT2D eigenvalue weighted by Gasteiger charge is 2.05. The molecule has 0 saturated heterocycles. The van der Waals surface area contributed by atoms with Crippen molar-refractivity contribution in [3.8, 4) is 5.69 Å². The van der Waals surface area contributed by atoms with Gasteiger partial charge in [-0.3, -0.25) is 0 Å². The summed E-state index contributed by atoms with van der Waals surface area (Å²) in [6.45, 7) is 6.49. The molecule has 1 aromatic heterocycles. The zero-order chi connectivity index (χ0) is 10.1. The van der Waals surface area contributed by atoms with Crippen molar-refractivity contribution in [3.05, 3.63) is 53.3 Å². The Bertz CT molecular complexity index is 439. The molecular weight excluding hydrogens is 170 g/mol. The Kier molecular flexibility index (Phi) is 2.16. The fourth-order valence-corrected chi connectivity index (χ4v) is 1.82. The second-order valence-corrected chi connectivity index (χ2v) is 3.76. The summed E-state index contributed by atoms with van der Waals surface area (Å²) in [6, 6.07) is 8.47. The Morgan fingerprint density at radius 3 is 2.07 bits per heavy atom. The third kappa shape index (κ3) is 1.35. The zero-order valence-electron chi connectivity index (χ0n) is 8.91. The van der Waals surface area contributed by atoms with Crippen LogP contribution in [-0.4, -0.2) is 4.57 Å². The van der Waals surface area contributed by atoms with E-state index in [0.29, 0.717) is 0 Å². The Balaban J connectivity index is 2.69. The molecule has 0 radical (unpaired) electrons. The number of aryl methyl sites for hydroxylation is 2. The van der Waals surface area contributed by atoms with Gasteiger partial charge in [0, 0.05) is 12.4 Å². The highest BCUT2D eigenvalue weighted by molar-refractivity contribution is 5.50. The van der Waals surface area contributed by atoms with E-state index in [4.69, 9.17) is 0 Å². The quantitative estimate of drug-likeness (QED) is 0.641. The maximum Gasteiger partial charge on any atom is 0.0510 e. The molecule has 0 N–H and O–H groups in total. The third-order valence-corrected chi connectivity index (χ3v) is 2.77.